The fourth-order valence-corrected chi connectivity index (χ4v) is 6.11. The summed E-state index contributed by atoms with van der Waals surface area (Å²) in [6.45, 7) is 2.25. The number of nitrogens with two attached hydrogens (primary N) is 1. The molecular formula is C26H39N3O3. The molecule has 3 aliphatic rings. The van der Waals surface area contributed by atoms with Crippen LogP contribution in [0.15, 0.2) is 18.2 Å². The van der Waals surface area contributed by atoms with Gasteiger partial charge in [0, 0.05) is 14.2 Å². The highest BCUT2D eigenvalue weighted by atomic mass is 16.5. The Hall–Kier alpha value is -1.92. The summed E-state index contributed by atoms with van der Waals surface area (Å²) in [6.07, 6.45) is 10.1. The Kier molecular flexibility index (Phi) is 6.91. The molecule has 32 heavy (non-hydrogen) atoms. The minimum Gasteiger partial charge on any atom is -0.383 e. The van der Waals surface area contributed by atoms with E-state index >= 15 is 0 Å². The summed E-state index contributed by atoms with van der Waals surface area (Å²) >= 11 is 0. The average Bonchev–Trinajstić information content (AvgIpc) is 3.54. The number of nitrogens with one attached hydrogen (secondary N) is 1. The SMILES string of the molecule is COCC(C)N(C(=N)N)C(=O)C1c2cc(CCC3CC3)ccc2CC12CCC(OC)CC2. The van der Waals surface area contributed by atoms with Crippen LogP contribution in [-0.4, -0.2) is 49.7 Å². The van der Waals surface area contributed by atoms with Crippen LogP contribution in [0.25, 0.3) is 0 Å². The van der Waals surface area contributed by atoms with Crippen molar-refractivity contribution >= 4 is 11.9 Å². The number of guanidine groups is 1. The zero-order chi connectivity index (χ0) is 22.9. The molecule has 0 radical (unpaired) electrons. The molecule has 0 bridgehead atoms. The van der Waals surface area contributed by atoms with E-state index in [-0.39, 0.29) is 35.3 Å². The standard InChI is InChI=1S/C26H39N3O3/c1-17(16-31-2)29(25(27)28)24(30)23-22-14-19(7-6-18-4-5-18)8-9-20(22)15-26(23)12-10-21(32-3)11-13-26/h8-9,14,17-18,21,23H,4-7,10-13,15-16H2,1-3H3,(H3,27,28). The first-order valence-electron chi connectivity index (χ1n) is 12.2. The van der Waals surface area contributed by atoms with Crippen molar-refractivity contribution in [3.63, 3.8) is 0 Å². The molecule has 3 N–H and O–H groups in total. The lowest BCUT2D eigenvalue weighted by atomic mass is 9.65. The quantitative estimate of drug-likeness (QED) is 0.471. The van der Waals surface area contributed by atoms with Crippen LogP contribution < -0.4 is 5.73 Å². The molecule has 1 amide bonds. The van der Waals surface area contributed by atoms with Gasteiger partial charge >= 0.3 is 0 Å². The highest BCUT2D eigenvalue weighted by Crippen LogP contribution is 2.56. The number of fused-ring (bicyclic) bond motifs is 1. The summed E-state index contributed by atoms with van der Waals surface area (Å²) in [5.41, 5.74) is 9.61. The molecule has 2 unspecified atom stereocenters. The zero-order valence-corrected chi connectivity index (χ0v) is 19.9. The van der Waals surface area contributed by atoms with Gasteiger partial charge in [-0.1, -0.05) is 31.0 Å². The van der Waals surface area contributed by atoms with E-state index < -0.39 is 0 Å². The van der Waals surface area contributed by atoms with Gasteiger partial charge in [-0.05, 0) is 79.9 Å². The summed E-state index contributed by atoms with van der Waals surface area (Å²) in [5, 5.41) is 8.17. The third kappa shape index (κ3) is 4.58. The van der Waals surface area contributed by atoms with Crippen LogP contribution in [-0.2, 0) is 27.1 Å². The smallest absolute Gasteiger partial charge is 0.237 e. The molecule has 0 aliphatic heterocycles. The maximum atomic E-state index is 14.1. The number of hydrogen-bond donors (Lipinski definition) is 2. The molecule has 2 atom stereocenters. The Morgan fingerprint density at radius 3 is 2.56 bits per heavy atom. The lowest BCUT2D eigenvalue weighted by molar-refractivity contribution is -0.135. The van der Waals surface area contributed by atoms with Crippen molar-refractivity contribution in [2.24, 2.45) is 17.1 Å². The molecular weight excluding hydrogens is 402 g/mol. The molecule has 1 aromatic rings. The van der Waals surface area contributed by atoms with Gasteiger partial charge in [0.2, 0.25) is 5.91 Å². The first kappa shape index (κ1) is 23.2. The predicted molar refractivity (Wildman–Crippen MR) is 126 cm³/mol. The lowest BCUT2D eigenvalue weighted by Gasteiger charge is -2.43. The van der Waals surface area contributed by atoms with Crippen LogP contribution in [0, 0.1) is 16.7 Å². The van der Waals surface area contributed by atoms with Gasteiger partial charge in [-0.2, -0.15) is 0 Å². The number of aryl methyl sites for hydroxylation is 1. The number of rotatable bonds is 8. The molecule has 6 heteroatoms. The molecule has 4 rings (SSSR count). The zero-order valence-electron chi connectivity index (χ0n) is 19.9. The highest BCUT2D eigenvalue weighted by molar-refractivity contribution is 5.99. The summed E-state index contributed by atoms with van der Waals surface area (Å²) < 4.78 is 10.9. The molecule has 0 aromatic heterocycles. The number of carbonyl (C=O) groups excluding carboxylic acids is 1. The molecule has 2 fully saturated rings. The van der Waals surface area contributed by atoms with E-state index in [0.29, 0.717) is 6.61 Å². The van der Waals surface area contributed by atoms with Gasteiger partial charge in [-0.15, -0.1) is 0 Å². The van der Waals surface area contributed by atoms with Crippen molar-refractivity contribution in [1.82, 2.24) is 4.90 Å². The van der Waals surface area contributed by atoms with E-state index in [1.165, 1.54) is 35.3 Å². The largest absolute Gasteiger partial charge is 0.383 e. The Morgan fingerprint density at radius 1 is 1.25 bits per heavy atom. The number of methoxy groups -OCH3 is 2. The van der Waals surface area contributed by atoms with E-state index in [0.717, 1.165) is 50.0 Å². The summed E-state index contributed by atoms with van der Waals surface area (Å²) in [6, 6.07) is 6.53. The summed E-state index contributed by atoms with van der Waals surface area (Å²) in [7, 11) is 3.40. The second-order valence-electron chi connectivity index (χ2n) is 10.3. The van der Waals surface area contributed by atoms with Crippen molar-refractivity contribution in [3.8, 4) is 0 Å². The van der Waals surface area contributed by atoms with Crippen molar-refractivity contribution in [2.45, 2.75) is 82.8 Å². The molecule has 1 aromatic carbocycles. The Balaban J connectivity index is 1.68. The van der Waals surface area contributed by atoms with Gasteiger partial charge in [0.25, 0.3) is 0 Å². The normalized spacial score (nSPS) is 27.8. The average molecular weight is 442 g/mol. The Morgan fingerprint density at radius 2 is 1.97 bits per heavy atom. The van der Waals surface area contributed by atoms with Gasteiger partial charge in [0.15, 0.2) is 5.96 Å². The fraction of sp³-hybridized carbons (Fsp3) is 0.692. The molecule has 2 saturated carbocycles. The van der Waals surface area contributed by atoms with E-state index in [9.17, 15) is 4.79 Å². The molecule has 0 saturated heterocycles. The van der Waals surface area contributed by atoms with Crippen LogP contribution >= 0.6 is 0 Å². The van der Waals surface area contributed by atoms with Crippen molar-refractivity contribution in [2.75, 3.05) is 20.8 Å². The third-order valence-electron chi connectivity index (χ3n) is 8.07. The molecule has 3 aliphatic carbocycles. The number of nitrogens with zero attached hydrogens (tertiary/aromatic N) is 1. The Labute approximate surface area is 192 Å². The number of ether oxygens (including phenoxy) is 2. The Bertz CT molecular complexity index is 843. The summed E-state index contributed by atoms with van der Waals surface area (Å²) in [5.74, 6) is 0.383. The van der Waals surface area contributed by atoms with Gasteiger partial charge in [-0.25, -0.2) is 0 Å². The van der Waals surface area contributed by atoms with Crippen molar-refractivity contribution < 1.29 is 14.3 Å². The van der Waals surface area contributed by atoms with Gasteiger partial charge in [0.1, 0.15) is 0 Å². The summed E-state index contributed by atoms with van der Waals surface area (Å²) in [4.78, 5) is 15.6. The van der Waals surface area contributed by atoms with E-state index in [1.807, 2.05) is 6.92 Å². The van der Waals surface area contributed by atoms with Crippen LogP contribution in [0.5, 0.6) is 0 Å². The number of benzene rings is 1. The number of hydrogen-bond acceptors (Lipinski definition) is 4. The maximum Gasteiger partial charge on any atom is 0.237 e. The molecule has 0 heterocycles. The minimum absolute atomic E-state index is 0.0454. The van der Waals surface area contributed by atoms with E-state index in [4.69, 9.17) is 20.6 Å². The van der Waals surface area contributed by atoms with Crippen molar-refractivity contribution in [1.29, 1.82) is 5.41 Å². The third-order valence-corrected chi connectivity index (χ3v) is 8.07. The molecule has 176 valence electrons. The monoisotopic (exact) mass is 441 g/mol. The minimum atomic E-state index is -0.278. The van der Waals surface area contributed by atoms with Crippen LogP contribution in [0.3, 0.4) is 0 Å². The number of amides is 1. The van der Waals surface area contributed by atoms with Gasteiger partial charge < -0.3 is 15.2 Å². The fourth-order valence-electron chi connectivity index (χ4n) is 6.11. The van der Waals surface area contributed by atoms with Gasteiger partial charge in [0.05, 0.1) is 24.7 Å². The number of carbonyl (C=O) groups is 1. The maximum absolute atomic E-state index is 14.1. The second-order valence-corrected chi connectivity index (χ2v) is 10.3. The van der Waals surface area contributed by atoms with Crippen LogP contribution in [0.4, 0.5) is 0 Å². The highest BCUT2D eigenvalue weighted by Gasteiger charge is 2.52. The van der Waals surface area contributed by atoms with E-state index in [2.05, 4.69) is 18.2 Å². The molecule has 1 spiro atoms. The first-order chi connectivity index (χ1) is 15.4. The van der Waals surface area contributed by atoms with Crippen LogP contribution in [0.2, 0.25) is 0 Å². The van der Waals surface area contributed by atoms with Crippen LogP contribution in [0.1, 0.15) is 74.5 Å². The lowest BCUT2D eigenvalue weighted by Crippen LogP contribution is -2.52. The van der Waals surface area contributed by atoms with E-state index in [1.54, 1.807) is 14.2 Å². The first-order valence-corrected chi connectivity index (χ1v) is 12.2. The van der Waals surface area contributed by atoms with Crippen molar-refractivity contribution in [3.05, 3.63) is 34.9 Å². The second kappa shape index (κ2) is 9.52. The molecule has 6 nitrogen and oxygen atoms in total. The topological polar surface area (TPSA) is 88.6 Å². The predicted octanol–water partition coefficient (Wildman–Crippen LogP) is 4.00. The van der Waals surface area contributed by atoms with Gasteiger partial charge in [-0.3, -0.25) is 15.1 Å².